The van der Waals surface area contributed by atoms with E-state index >= 15 is 0 Å². The van der Waals surface area contributed by atoms with E-state index in [1.807, 2.05) is 60.7 Å². The van der Waals surface area contributed by atoms with Gasteiger partial charge in [0.15, 0.2) is 6.10 Å². The number of carbonyl (C=O) groups is 2. The fourth-order valence-corrected chi connectivity index (χ4v) is 2.73. The van der Waals surface area contributed by atoms with Gasteiger partial charge < -0.3 is 9.84 Å². The van der Waals surface area contributed by atoms with Crippen LogP contribution in [0.5, 0.6) is 0 Å². The molecule has 0 aromatic heterocycles. The topological polar surface area (TPSA) is 66.8 Å². The van der Waals surface area contributed by atoms with Crippen LogP contribution in [0.2, 0.25) is 0 Å². The summed E-state index contributed by atoms with van der Waals surface area (Å²) in [5, 5.41) is 9.47. The third-order valence-electron chi connectivity index (χ3n) is 3.70. The molecule has 0 aliphatic carbocycles. The molecule has 0 saturated carbocycles. The molecule has 3 rings (SSSR count). The lowest BCUT2D eigenvalue weighted by atomic mass is 9.93. The number of benzene rings is 2. The van der Waals surface area contributed by atoms with Crippen molar-refractivity contribution in [2.45, 2.75) is 12.1 Å². The molecule has 1 saturated heterocycles. The highest BCUT2D eigenvalue weighted by molar-refractivity contribution is 5.79. The molecule has 1 aliphatic rings. The molecular weight excluding hydrogens is 282 g/mol. The van der Waals surface area contributed by atoms with Crippen LogP contribution < -0.4 is 0 Å². The Morgan fingerprint density at radius 2 is 1.55 bits per heavy atom. The number of esters is 1. The maximum atomic E-state index is 11.8. The molecule has 22 heavy (non-hydrogen) atoms. The zero-order valence-electron chi connectivity index (χ0n) is 11.8. The zero-order valence-corrected chi connectivity index (χ0v) is 11.8. The number of nitrogens with zero attached hydrogens (tertiary/aromatic N) is 1. The van der Waals surface area contributed by atoms with Gasteiger partial charge in [-0.15, -0.1) is 0 Å². The number of ether oxygens (including phenoxy) is 1. The molecule has 1 heterocycles. The van der Waals surface area contributed by atoms with E-state index in [0.717, 1.165) is 16.0 Å². The standard InChI is InChI=1S/C17H15NO4/c19-14-11-18(17(20)21)15(12-7-3-1-4-8-12)16(22-14)13-9-5-2-6-10-13/h1-10,15-16H,11H2,(H,20,21)/t15-,16+/m0/s1. The maximum absolute atomic E-state index is 11.8. The molecule has 1 aliphatic heterocycles. The molecule has 0 bridgehead atoms. The van der Waals surface area contributed by atoms with Gasteiger partial charge in [-0.2, -0.15) is 0 Å². The van der Waals surface area contributed by atoms with Crippen molar-refractivity contribution < 1.29 is 19.4 Å². The summed E-state index contributed by atoms with van der Waals surface area (Å²) in [5.41, 5.74) is 1.57. The van der Waals surface area contributed by atoms with Gasteiger partial charge in [0.05, 0.1) is 0 Å². The van der Waals surface area contributed by atoms with Crippen LogP contribution in [0.1, 0.15) is 23.3 Å². The summed E-state index contributed by atoms with van der Waals surface area (Å²) in [6, 6.07) is 17.9. The second kappa shape index (κ2) is 5.89. The summed E-state index contributed by atoms with van der Waals surface area (Å²) in [4.78, 5) is 24.5. The predicted octanol–water partition coefficient (Wildman–Crippen LogP) is 3.01. The Bertz CT molecular complexity index is 670. The Labute approximate surface area is 127 Å². The lowest BCUT2D eigenvalue weighted by Crippen LogP contribution is -2.46. The molecule has 0 radical (unpaired) electrons. The van der Waals surface area contributed by atoms with Crippen LogP contribution in [0, 0.1) is 0 Å². The molecule has 2 atom stereocenters. The number of cyclic esters (lactones) is 1. The Kier molecular flexibility index (Phi) is 3.78. The number of amides is 1. The van der Waals surface area contributed by atoms with E-state index in [2.05, 4.69) is 0 Å². The highest BCUT2D eigenvalue weighted by Crippen LogP contribution is 2.39. The number of rotatable bonds is 2. The van der Waals surface area contributed by atoms with Gasteiger partial charge in [0.1, 0.15) is 12.6 Å². The molecule has 112 valence electrons. The van der Waals surface area contributed by atoms with Gasteiger partial charge in [0.25, 0.3) is 0 Å². The first-order valence-electron chi connectivity index (χ1n) is 6.96. The van der Waals surface area contributed by atoms with Crippen LogP contribution in [-0.4, -0.2) is 28.6 Å². The fourth-order valence-electron chi connectivity index (χ4n) is 2.73. The van der Waals surface area contributed by atoms with E-state index in [0.29, 0.717) is 0 Å². The predicted molar refractivity (Wildman–Crippen MR) is 79.2 cm³/mol. The van der Waals surface area contributed by atoms with Gasteiger partial charge in [0.2, 0.25) is 0 Å². The summed E-state index contributed by atoms with van der Waals surface area (Å²) in [6.07, 6.45) is -1.78. The lowest BCUT2D eigenvalue weighted by Gasteiger charge is -2.39. The highest BCUT2D eigenvalue weighted by Gasteiger charge is 2.41. The second-order valence-corrected chi connectivity index (χ2v) is 5.09. The van der Waals surface area contributed by atoms with Crippen molar-refractivity contribution in [3.05, 3.63) is 71.8 Å². The Morgan fingerprint density at radius 1 is 1.00 bits per heavy atom. The van der Waals surface area contributed by atoms with Crippen molar-refractivity contribution in [2.75, 3.05) is 6.54 Å². The van der Waals surface area contributed by atoms with Crippen LogP contribution in [0.3, 0.4) is 0 Å². The second-order valence-electron chi connectivity index (χ2n) is 5.09. The van der Waals surface area contributed by atoms with Crippen molar-refractivity contribution in [3.8, 4) is 0 Å². The van der Waals surface area contributed by atoms with E-state index < -0.39 is 24.2 Å². The molecule has 2 aromatic carbocycles. The number of hydrogen-bond donors (Lipinski definition) is 1. The van der Waals surface area contributed by atoms with E-state index in [9.17, 15) is 14.7 Å². The van der Waals surface area contributed by atoms with Gasteiger partial charge in [-0.05, 0) is 11.1 Å². The third kappa shape index (κ3) is 2.65. The smallest absolute Gasteiger partial charge is 0.408 e. The normalized spacial score (nSPS) is 21.3. The summed E-state index contributed by atoms with van der Waals surface area (Å²) in [7, 11) is 0. The monoisotopic (exact) mass is 297 g/mol. The SMILES string of the molecule is O=C1CN(C(=O)O)[C@@H](c2ccccc2)[C@@H](c2ccccc2)O1. The summed E-state index contributed by atoms with van der Waals surface area (Å²) in [6.45, 7) is -0.266. The van der Waals surface area contributed by atoms with Crippen LogP contribution >= 0.6 is 0 Å². The molecule has 0 spiro atoms. The highest BCUT2D eigenvalue weighted by atomic mass is 16.6. The molecule has 5 nitrogen and oxygen atoms in total. The van der Waals surface area contributed by atoms with Crippen LogP contribution in [-0.2, 0) is 9.53 Å². The van der Waals surface area contributed by atoms with Crippen molar-refractivity contribution in [2.24, 2.45) is 0 Å². The van der Waals surface area contributed by atoms with Crippen molar-refractivity contribution in [1.82, 2.24) is 4.90 Å². The van der Waals surface area contributed by atoms with E-state index in [1.165, 1.54) is 0 Å². The number of morpholine rings is 1. The van der Waals surface area contributed by atoms with Gasteiger partial charge >= 0.3 is 12.1 Å². The maximum Gasteiger partial charge on any atom is 0.408 e. The number of hydrogen-bond acceptors (Lipinski definition) is 3. The Morgan fingerprint density at radius 3 is 2.09 bits per heavy atom. The molecule has 1 amide bonds. The minimum absolute atomic E-state index is 0.266. The van der Waals surface area contributed by atoms with Crippen molar-refractivity contribution in [3.63, 3.8) is 0 Å². The average Bonchev–Trinajstić information content (AvgIpc) is 2.55. The third-order valence-corrected chi connectivity index (χ3v) is 3.70. The Hall–Kier alpha value is -2.82. The average molecular weight is 297 g/mol. The first kappa shape index (κ1) is 14.1. The van der Waals surface area contributed by atoms with Gasteiger partial charge in [0, 0.05) is 0 Å². The molecule has 5 heteroatoms. The molecule has 1 fully saturated rings. The zero-order chi connectivity index (χ0) is 15.5. The van der Waals surface area contributed by atoms with Crippen LogP contribution in [0.25, 0.3) is 0 Å². The van der Waals surface area contributed by atoms with Crippen molar-refractivity contribution >= 4 is 12.1 Å². The summed E-state index contributed by atoms with van der Waals surface area (Å²) < 4.78 is 5.48. The summed E-state index contributed by atoms with van der Waals surface area (Å²) in [5.74, 6) is -0.538. The fraction of sp³-hybridized carbons (Fsp3) is 0.176. The quantitative estimate of drug-likeness (QED) is 0.865. The molecular formula is C17H15NO4. The molecule has 0 unspecified atom stereocenters. The van der Waals surface area contributed by atoms with Gasteiger partial charge in [-0.1, -0.05) is 60.7 Å². The van der Waals surface area contributed by atoms with Gasteiger partial charge in [-0.25, -0.2) is 4.79 Å². The largest absolute Gasteiger partial charge is 0.465 e. The molecule has 1 N–H and O–H groups in total. The lowest BCUT2D eigenvalue weighted by molar-refractivity contribution is -0.164. The minimum Gasteiger partial charge on any atom is -0.465 e. The van der Waals surface area contributed by atoms with Gasteiger partial charge in [-0.3, -0.25) is 9.69 Å². The van der Waals surface area contributed by atoms with Crippen LogP contribution in [0.4, 0.5) is 4.79 Å². The van der Waals surface area contributed by atoms with E-state index in [4.69, 9.17) is 4.74 Å². The first-order chi connectivity index (χ1) is 10.7. The molecule has 2 aromatic rings. The number of carbonyl (C=O) groups excluding carboxylic acids is 1. The minimum atomic E-state index is -1.13. The van der Waals surface area contributed by atoms with E-state index in [1.54, 1.807) is 0 Å². The van der Waals surface area contributed by atoms with Crippen LogP contribution in [0.15, 0.2) is 60.7 Å². The van der Waals surface area contributed by atoms with E-state index in [-0.39, 0.29) is 6.54 Å². The summed E-state index contributed by atoms with van der Waals surface area (Å²) >= 11 is 0. The Balaban J connectivity index is 2.07. The first-order valence-corrected chi connectivity index (χ1v) is 6.96. The number of carboxylic acid groups (broad SMARTS) is 1. The van der Waals surface area contributed by atoms with Crippen molar-refractivity contribution in [1.29, 1.82) is 0 Å².